The van der Waals surface area contributed by atoms with Gasteiger partial charge in [0.25, 0.3) is 0 Å². The molecule has 0 saturated carbocycles. The molecule has 3 heteroatoms. The average Bonchev–Trinajstić information content (AvgIpc) is 2.78. The first-order valence-electron chi connectivity index (χ1n) is 7.10. The summed E-state index contributed by atoms with van der Waals surface area (Å²) < 4.78 is 1.25. The summed E-state index contributed by atoms with van der Waals surface area (Å²) >= 11 is 5.46. The lowest BCUT2D eigenvalue weighted by atomic mass is 9.76. The Hall–Kier alpha value is 0.140. The van der Waals surface area contributed by atoms with Crippen molar-refractivity contribution < 1.29 is 0 Å². The molecule has 1 nitrogen and oxygen atoms in total. The minimum Gasteiger partial charge on any atom is -0.316 e. The summed E-state index contributed by atoms with van der Waals surface area (Å²) in [4.78, 5) is 1.51. The van der Waals surface area contributed by atoms with Gasteiger partial charge in [-0.25, -0.2) is 0 Å². The van der Waals surface area contributed by atoms with Crippen LogP contribution in [-0.4, -0.2) is 13.1 Å². The molecule has 1 atom stereocenters. The Balaban J connectivity index is 2.73. The summed E-state index contributed by atoms with van der Waals surface area (Å²) in [5.41, 5.74) is 0.441. The molecule has 0 aliphatic heterocycles. The van der Waals surface area contributed by atoms with Gasteiger partial charge in [-0.15, -0.1) is 11.3 Å². The van der Waals surface area contributed by atoms with Gasteiger partial charge in [-0.2, -0.15) is 0 Å². The summed E-state index contributed by atoms with van der Waals surface area (Å²) in [6.45, 7) is 9.05. The Morgan fingerprint density at radius 3 is 2.56 bits per heavy atom. The Morgan fingerprint density at radius 2 is 2.06 bits per heavy atom. The lowest BCUT2D eigenvalue weighted by molar-refractivity contribution is 0.232. The van der Waals surface area contributed by atoms with Crippen LogP contribution in [-0.2, 0) is 6.42 Å². The van der Waals surface area contributed by atoms with E-state index in [4.69, 9.17) is 0 Å². The third-order valence-electron chi connectivity index (χ3n) is 3.74. The van der Waals surface area contributed by atoms with Gasteiger partial charge in [0.05, 0.1) is 3.79 Å². The summed E-state index contributed by atoms with van der Waals surface area (Å²) in [6.07, 6.45) is 6.44. The SMILES string of the molecule is CCCCC(CC)(CNCC)Cc1ccc(Br)s1. The van der Waals surface area contributed by atoms with E-state index >= 15 is 0 Å². The number of halogens is 1. The molecule has 0 bridgehead atoms. The van der Waals surface area contributed by atoms with E-state index in [-0.39, 0.29) is 0 Å². The first-order valence-corrected chi connectivity index (χ1v) is 8.71. The van der Waals surface area contributed by atoms with Crippen LogP contribution in [0.3, 0.4) is 0 Å². The summed E-state index contributed by atoms with van der Waals surface area (Å²) in [5, 5.41) is 3.57. The lowest BCUT2D eigenvalue weighted by Gasteiger charge is -2.33. The van der Waals surface area contributed by atoms with E-state index in [9.17, 15) is 0 Å². The van der Waals surface area contributed by atoms with Crippen LogP contribution in [0.15, 0.2) is 15.9 Å². The van der Waals surface area contributed by atoms with Crippen molar-refractivity contribution in [1.29, 1.82) is 0 Å². The zero-order valence-corrected chi connectivity index (χ0v) is 14.3. The third-order valence-corrected chi connectivity index (χ3v) is 5.36. The molecule has 0 amide bonds. The minimum atomic E-state index is 0.441. The molecule has 0 aliphatic rings. The van der Waals surface area contributed by atoms with Crippen molar-refractivity contribution >= 4 is 27.3 Å². The van der Waals surface area contributed by atoms with E-state index in [2.05, 4.69) is 54.2 Å². The highest BCUT2D eigenvalue weighted by molar-refractivity contribution is 9.11. The van der Waals surface area contributed by atoms with Crippen LogP contribution in [0.2, 0.25) is 0 Å². The maximum Gasteiger partial charge on any atom is 0.0701 e. The summed E-state index contributed by atoms with van der Waals surface area (Å²) in [7, 11) is 0. The Morgan fingerprint density at radius 1 is 1.28 bits per heavy atom. The van der Waals surface area contributed by atoms with Gasteiger partial charge in [0, 0.05) is 11.4 Å². The second-order valence-corrected chi connectivity index (χ2v) is 7.67. The predicted molar refractivity (Wildman–Crippen MR) is 86.5 cm³/mol. The molecule has 0 fully saturated rings. The molecule has 1 rings (SSSR count). The van der Waals surface area contributed by atoms with Crippen molar-refractivity contribution in [2.24, 2.45) is 5.41 Å². The molecule has 104 valence electrons. The maximum absolute atomic E-state index is 3.57. The van der Waals surface area contributed by atoms with Crippen molar-refractivity contribution in [3.8, 4) is 0 Å². The van der Waals surface area contributed by atoms with Gasteiger partial charge in [-0.05, 0) is 59.3 Å². The molecule has 1 unspecified atom stereocenters. The molecule has 1 heterocycles. The Labute approximate surface area is 125 Å². The van der Waals surface area contributed by atoms with Crippen LogP contribution in [0.5, 0.6) is 0 Å². The van der Waals surface area contributed by atoms with Crippen molar-refractivity contribution in [1.82, 2.24) is 5.32 Å². The second kappa shape index (κ2) is 8.34. The van der Waals surface area contributed by atoms with Crippen LogP contribution >= 0.6 is 27.3 Å². The highest BCUT2D eigenvalue weighted by atomic mass is 79.9. The highest BCUT2D eigenvalue weighted by Crippen LogP contribution is 2.35. The molecule has 0 saturated heterocycles. The number of hydrogen-bond acceptors (Lipinski definition) is 2. The van der Waals surface area contributed by atoms with Gasteiger partial charge in [0.2, 0.25) is 0 Å². The minimum absolute atomic E-state index is 0.441. The average molecular weight is 332 g/mol. The zero-order valence-electron chi connectivity index (χ0n) is 11.9. The molecule has 1 aromatic heterocycles. The number of unbranched alkanes of at least 4 members (excludes halogenated alkanes) is 1. The van der Waals surface area contributed by atoms with E-state index in [0.29, 0.717) is 5.41 Å². The molecule has 0 aromatic carbocycles. The van der Waals surface area contributed by atoms with Gasteiger partial charge < -0.3 is 5.32 Å². The molecular weight excluding hydrogens is 306 g/mol. The molecule has 1 aromatic rings. The first kappa shape index (κ1) is 16.2. The van der Waals surface area contributed by atoms with Gasteiger partial charge in [0.15, 0.2) is 0 Å². The van der Waals surface area contributed by atoms with Crippen LogP contribution in [0.4, 0.5) is 0 Å². The fourth-order valence-corrected chi connectivity index (χ4v) is 4.08. The van der Waals surface area contributed by atoms with E-state index in [0.717, 1.165) is 13.1 Å². The Kier molecular flexibility index (Phi) is 7.50. The van der Waals surface area contributed by atoms with Crippen LogP contribution in [0.25, 0.3) is 0 Å². The van der Waals surface area contributed by atoms with E-state index in [1.54, 1.807) is 0 Å². The van der Waals surface area contributed by atoms with Gasteiger partial charge in [-0.3, -0.25) is 0 Å². The van der Waals surface area contributed by atoms with Crippen molar-refractivity contribution in [3.63, 3.8) is 0 Å². The third kappa shape index (κ3) is 5.02. The molecule has 0 spiro atoms. The number of thiophene rings is 1. The molecule has 18 heavy (non-hydrogen) atoms. The number of hydrogen-bond donors (Lipinski definition) is 1. The van der Waals surface area contributed by atoms with Gasteiger partial charge >= 0.3 is 0 Å². The quantitative estimate of drug-likeness (QED) is 0.651. The standard InChI is InChI=1S/C15H26BrNS/c1-4-7-10-15(5-2,12-17-6-3)11-13-8-9-14(16)18-13/h8-9,17H,4-7,10-12H2,1-3H3. The van der Waals surface area contributed by atoms with Crippen molar-refractivity contribution in [3.05, 3.63) is 20.8 Å². The predicted octanol–water partition coefficient (Wildman–Crippen LogP) is 5.25. The molecule has 0 aliphatic carbocycles. The smallest absolute Gasteiger partial charge is 0.0701 e. The molecule has 0 radical (unpaired) electrons. The van der Waals surface area contributed by atoms with Crippen LogP contribution in [0.1, 0.15) is 51.3 Å². The van der Waals surface area contributed by atoms with E-state index in [1.807, 2.05) is 11.3 Å². The lowest BCUT2D eigenvalue weighted by Crippen LogP contribution is -2.35. The molecule has 1 N–H and O–H groups in total. The highest BCUT2D eigenvalue weighted by Gasteiger charge is 2.28. The van der Waals surface area contributed by atoms with Crippen LogP contribution < -0.4 is 5.32 Å². The molecular formula is C15H26BrNS. The summed E-state index contributed by atoms with van der Waals surface area (Å²) in [5.74, 6) is 0. The van der Waals surface area contributed by atoms with Gasteiger partial charge in [-0.1, -0.05) is 33.6 Å². The Bertz CT molecular complexity index is 327. The van der Waals surface area contributed by atoms with Gasteiger partial charge in [0.1, 0.15) is 0 Å². The van der Waals surface area contributed by atoms with E-state index in [1.165, 1.54) is 40.8 Å². The first-order chi connectivity index (χ1) is 8.65. The topological polar surface area (TPSA) is 12.0 Å². The largest absolute Gasteiger partial charge is 0.316 e. The van der Waals surface area contributed by atoms with Crippen molar-refractivity contribution in [2.45, 2.75) is 52.9 Å². The zero-order chi connectivity index (χ0) is 13.4. The fraction of sp³-hybridized carbons (Fsp3) is 0.733. The second-order valence-electron chi connectivity index (χ2n) is 5.12. The summed E-state index contributed by atoms with van der Waals surface area (Å²) in [6, 6.07) is 4.45. The van der Waals surface area contributed by atoms with Crippen LogP contribution in [0, 0.1) is 5.41 Å². The fourth-order valence-electron chi connectivity index (χ4n) is 2.42. The number of rotatable bonds is 9. The van der Waals surface area contributed by atoms with E-state index < -0.39 is 0 Å². The maximum atomic E-state index is 3.57. The monoisotopic (exact) mass is 331 g/mol. The van der Waals surface area contributed by atoms with Crippen molar-refractivity contribution in [2.75, 3.05) is 13.1 Å². The number of nitrogens with one attached hydrogen (secondary N) is 1. The normalized spacial score (nSPS) is 14.7.